The van der Waals surface area contributed by atoms with E-state index in [-0.39, 0.29) is 0 Å². The molecule has 0 amide bonds. The third-order valence-electron chi connectivity index (χ3n) is 8.53. The van der Waals surface area contributed by atoms with Gasteiger partial charge in [0.05, 0.1) is 85.6 Å². The highest BCUT2D eigenvalue weighted by Gasteiger charge is 2.52. The lowest BCUT2D eigenvalue weighted by Crippen LogP contribution is -2.20. The summed E-state index contributed by atoms with van der Waals surface area (Å²) in [6.07, 6.45) is 0. The first kappa shape index (κ1) is 33.6. The molecule has 0 radical (unpaired) electrons. The Morgan fingerprint density at radius 1 is 0.385 bits per heavy atom. The molecule has 0 saturated heterocycles. The molecule has 0 heterocycles. The highest BCUT2D eigenvalue weighted by Crippen LogP contribution is 2.61. The fraction of sp³-hybridized carbons (Fsp3) is 0.0741. The Hall–Kier alpha value is -8.25. The Morgan fingerprint density at radius 2 is 0.712 bits per heavy atom. The number of rotatable bonds is 10. The van der Waals surface area contributed by atoms with Crippen LogP contribution in [0, 0.1) is 80.9 Å². The minimum absolute atomic E-state index is 0.382. The second kappa shape index (κ2) is 11.4. The van der Waals surface area contributed by atoms with Gasteiger partial charge in [0.25, 0.3) is 22.7 Å². The molecule has 4 aromatic rings. The van der Waals surface area contributed by atoms with Gasteiger partial charge in [-0.25, -0.2) is 0 Å². The number of carbonyl (C=O) groups is 1. The number of benzene rings is 4. The first-order chi connectivity index (χ1) is 24.4. The quantitative estimate of drug-likeness (QED) is 0.145. The van der Waals surface area contributed by atoms with E-state index < -0.39 is 147 Å². The molecule has 4 aromatic carbocycles. The summed E-state index contributed by atoms with van der Waals surface area (Å²) in [5.74, 6) is -5.53. The van der Waals surface area contributed by atoms with Crippen LogP contribution in [-0.2, 0) is 4.79 Å². The SMILES string of the molecule is O=C(C1c2cc([N+](=O)[O-])cc([N+](=O)[O-])c2-c2c1ccc([N+](=O)[O-])c2[N+](=O)[O-])C1c2cc([N+](=O)[O-])cc([N+](=O)[O-])c2-c2c1ccc([N+](=O)[O-])c2[N+](=O)[O-]. The van der Waals surface area contributed by atoms with E-state index in [0.717, 1.165) is 12.1 Å². The molecule has 25 heteroatoms. The summed E-state index contributed by atoms with van der Waals surface area (Å²) in [6, 6.07) is 4.73. The van der Waals surface area contributed by atoms with Gasteiger partial charge in [-0.3, -0.25) is 85.7 Å². The number of Topliss-reactive ketones (excluding diaryl/α,β-unsaturated/α-hetero) is 1. The van der Waals surface area contributed by atoms with E-state index in [0.29, 0.717) is 36.4 Å². The molecule has 0 spiro atoms. The summed E-state index contributed by atoms with van der Waals surface area (Å²) in [7, 11) is 0. The lowest BCUT2D eigenvalue weighted by atomic mass is 9.81. The fourth-order valence-corrected chi connectivity index (χ4v) is 6.74. The predicted molar refractivity (Wildman–Crippen MR) is 166 cm³/mol. The molecule has 52 heavy (non-hydrogen) atoms. The van der Waals surface area contributed by atoms with Crippen LogP contribution in [0.15, 0.2) is 48.5 Å². The van der Waals surface area contributed by atoms with Crippen molar-refractivity contribution in [3.05, 3.63) is 152 Å². The largest absolute Gasteiger partial charge is 0.354 e. The lowest BCUT2D eigenvalue weighted by molar-refractivity contribution is -0.422. The summed E-state index contributed by atoms with van der Waals surface area (Å²) in [6.45, 7) is 0. The highest BCUT2D eigenvalue weighted by molar-refractivity contribution is 6.11. The molecule has 0 bridgehead atoms. The van der Waals surface area contributed by atoms with Gasteiger partial charge in [-0.2, -0.15) is 0 Å². The number of nitrogens with zero attached hydrogens (tertiary/aromatic N) is 8. The van der Waals surface area contributed by atoms with Gasteiger partial charge in [0, 0.05) is 24.3 Å². The van der Waals surface area contributed by atoms with Crippen LogP contribution in [0.1, 0.15) is 34.1 Å². The van der Waals surface area contributed by atoms with E-state index in [2.05, 4.69) is 0 Å². The molecule has 2 atom stereocenters. The first-order valence-corrected chi connectivity index (χ1v) is 13.8. The van der Waals surface area contributed by atoms with Crippen LogP contribution in [0.2, 0.25) is 0 Å². The van der Waals surface area contributed by atoms with Gasteiger partial charge >= 0.3 is 22.7 Å². The summed E-state index contributed by atoms with van der Waals surface area (Å²) >= 11 is 0. The van der Waals surface area contributed by atoms with Gasteiger partial charge in [-0.05, 0) is 34.4 Å². The predicted octanol–water partition coefficient (Wildman–Crippen LogP) is 5.45. The number of ketones is 1. The minimum Gasteiger partial charge on any atom is -0.298 e. The van der Waals surface area contributed by atoms with Crippen LogP contribution in [0.4, 0.5) is 45.5 Å². The fourth-order valence-electron chi connectivity index (χ4n) is 6.74. The van der Waals surface area contributed by atoms with Crippen LogP contribution in [0.5, 0.6) is 0 Å². The van der Waals surface area contributed by atoms with Crippen molar-refractivity contribution in [2.24, 2.45) is 0 Å². The standard InChI is InChI=1S/C27H10N8O17/c36-27(19-11-1-3-15(30(41)42)25(34(49)50)23(11)21-13(19)5-9(28(37)38)7-17(21)32(45)46)20-12-2-4-16(31(43)44)26(35(51)52)24(12)22-14(20)6-10(29(39)40)8-18(22)33(47)48/h1-8,19-20H. The average Bonchev–Trinajstić information content (AvgIpc) is 3.58. The Labute approximate surface area is 281 Å². The molecular formula is C27H10N8O17. The number of carbonyl (C=O) groups excluding carboxylic acids is 1. The Kier molecular flexibility index (Phi) is 7.39. The molecule has 0 fully saturated rings. The van der Waals surface area contributed by atoms with Gasteiger partial charge in [0.1, 0.15) is 0 Å². The second-order valence-electron chi connectivity index (χ2n) is 11.0. The second-order valence-corrected chi connectivity index (χ2v) is 11.0. The van der Waals surface area contributed by atoms with Crippen molar-refractivity contribution in [2.45, 2.75) is 11.8 Å². The molecule has 0 saturated carbocycles. The van der Waals surface area contributed by atoms with Gasteiger partial charge in [0.2, 0.25) is 0 Å². The average molecular weight is 718 g/mol. The third kappa shape index (κ3) is 4.68. The molecule has 0 aliphatic heterocycles. The molecule has 260 valence electrons. The Balaban J connectivity index is 1.78. The summed E-state index contributed by atoms with van der Waals surface area (Å²) in [5, 5.41) is 96.5. The van der Waals surface area contributed by atoms with Crippen molar-refractivity contribution >= 4 is 51.3 Å². The number of hydrogen-bond acceptors (Lipinski definition) is 17. The van der Waals surface area contributed by atoms with Gasteiger partial charge < -0.3 is 0 Å². The van der Waals surface area contributed by atoms with Gasteiger partial charge in [0.15, 0.2) is 5.78 Å². The normalized spacial score (nSPS) is 14.7. The molecule has 6 rings (SSSR count). The third-order valence-corrected chi connectivity index (χ3v) is 8.53. The van der Waals surface area contributed by atoms with Crippen molar-refractivity contribution in [3.8, 4) is 22.3 Å². The van der Waals surface area contributed by atoms with E-state index in [4.69, 9.17) is 0 Å². The van der Waals surface area contributed by atoms with Crippen LogP contribution in [-0.4, -0.2) is 45.2 Å². The topological polar surface area (TPSA) is 362 Å². The van der Waals surface area contributed by atoms with Crippen molar-refractivity contribution < 1.29 is 44.2 Å². The molecule has 2 unspecified atom stereocenters. The maximum absolute atomic E-state index is 14.9. The molecule has 25 nitrogen and oxygen atoms in total. The number of non-ortho nitro benzene ring substituents is 2. The number of nitro benzene ring substituents is 8. The van der Waals surface area contributed by atoms with Crippen LogP contribution in [0.25, 0.3) is 22.3 Å². The molecular weight excluding hydrogens is 708 g/mol. The summed E-state index contributed by atoms with van der Waals surface area (Å²) in [4.78, 5) is 102. The van der Waals surface area contributed by atoms with E-state index in [9.17, 15) is 85.7 Å². The zero-order valence-corrected chi connectivity index (χ0v) is 24.8. The van der Waals surface area contributed by atoms with Crippen LogP contribution < -0.4 is 0 Å². The molecule has 2 aliphatic rings. The van der Waals surface area contributed by atoms with Crippen molar-refractivity contribution in [3.63, 3.8) is 0 Å². The number of fused-ring (bicyclic) bond motifs is 6. The highest BCUT2D eigenvalue weighted by atomic mass is 16.7. The zero-order chi connectivity index (χ0) is 38.2. The maximum atomic E-state index is 14.9. The zero-order valence-electron chi connectivity index (χ0n) is 24.8. The monoisotopic (exact) mass is 718 g/mol. The summed E-state index contributed by atoms with van der Waals surface area (Å²) in [5.41, 5.74) is -15.5. The van der Waals surface area contributed by atoms with Crippen molar-refractivity contribution in [2.75, 3.05) is 0 Å². The Bertz CT molecular complexity index is 2330. The van der Waals surface area contributed by atoms with E-state index in [1.165, 1.54) is 0 Å². The van der Waals surface area contributed by atoms with Crippen molar-refractivity contribution in [1.82, 2.24) is 0 Å². The van der Waals surface area contributed by atoms with E-state index in [1.54, 1.807) is 0 Å². The lowest BCUT2D eigenvalue weighted by Gasteiger charge is -2.19. The molecule has 0 N–H and O–H groups in total. The number of hydrogen-bond donors (Lipinski definition) is 0. The van der Waals surface area contributed by atoms with Gasteiger partial charge in [-0.15, -0.1) is 0 Å². The Morgan fingerprint density at radius 3 is 0.981 bits per heavy atom. The van der Waals surface area contributed by atoms with Crippen LogP contribution in [0.3, 0.4) is 0 Å². The molecule has 2 aliphatic carbocycles. The van der Waals surface area contributed by atoms with Gasteiger partial charge in [-0.1, -0.05) is 0 Å². The molecule has 0 aromatic heterocycles. The van der Waals surface area contributed by atoms with Crippen LogP contribution >= 0.6 is 0 Å². The number of nitro groups is 8. The summed E-state index contributed by atoms with van der Waals surface area (Å²) < 4.78 is 0. The first-order valence-electron chi connectivity index (χ1n) is 13.8. The van der Waals surface area contributed by atoms with E-state index >= 15 is 0 Å². The minimum atomic E-state index is -2.10. The van der Waals surface area contributed by atoms with Crippen molar-refractivity contribution in [1.29, 1.82) is 0 Å². The smallest absolute Gasteiger partial charge is 0.298 e. The van der Waals surface area contributed by atoms with E-state index in [1.807, 2.05) is 0 Å². The maximum Gasteiger partial charge on any atom is 0.354 e.